The van der Waals surface area contributed by atoms with E-state index in [1.54, 1.807) is 12.1 Å². The molecule has 0 aromatic heterocycles. The zero-order valence-corrected chi connectivity index (χ0v) is 7.23. The van der Waals surface area contributed by atoms with Crippen molar-refractivity contribution in [2.45, 2.75) is 6.04 Å². The second-order valence-corrected chi connectivity index (χ2v) is 2.60. The van der Waals surface area contributed by atoms with Gasteiger partial charge in [0.15, 0.2) is 0 Å². The maximum absolute atomic E-state index is 11.0. The lowest BCUT2D eigenvalue weighted by Crippen LogP contribution is -2.22. The number of hydrogen-bond acceptors (Lipinski definition) is 4. The molecule has 4 nitrogen and oxygen atoms in total. The van der Waals surface area contributed by atoms with Crippen LogP contribution in [0.5, 0.6) is 5.75 Å². The second kappa shape index (κ2) is 3.91. The monoisotopic (exact) mass is 181 g/mol. The van der Waals surface area contributed by atoms with Gasteiger partial charge in [0, 0.05) is 0 Å². The Bertz CT molecular complexity index is 311. The molecule has 0 aliphatic carbocycles. The van der Waals surface area contributed by atoms with Crippen molar-refractivity contribution in [2.24, 2.45) is 5.73 Å². The summed E-state index contributed by atoms with van der Waals surface area (Å²) in [5, 5.41) is 9.11. The number of rotatable bonds is 2. The second-order valence-electron chi connectivity index (χ2n) is 2.60. The molecule has 0 unspecified atom stereocenters. The lowest BCUT2D eigenvalue weighted by atomic mass is 10.1. The topological polar surface area (TPSA) is 72.5 Å². The summed E-state index contributed by atoms with van der Waals surface area (Å²) in [5.74, 6) is -0.442. The van der Waals surface area contributed by atoms with Crippen LogP contribution in [-0.4, -0.2) is 18.2 Å². The molecule has 0 radical (unpaired) electrons. The van der Waals surface area contributed by atoms with Crippen molar-refractivity contribution >= 4 is 5.97 Å². The molecule has 0 amide bonds. The fourth-order valence-electron chi connectivity index (χ4n) is 0.981. The summed E-state index contributed by atoms with van der Waals surface area (Å²) in [6.07, 6.45) is 0. The highest BCUT2D eigenvalue weighted by molar-refractivity contribution is 5.77. The van der Waals surface area contributed by atoms with E-state index in [9.17, 15) is 4.79 Å². The maximum Gasteiger partial charge on any atom is 0.327 e. The quantitative estimate of drug-likeness (QED) is 0.654. The van der Waals surface area contributed by atoms with Gasteiger partial charge >= 0.3 is 5.97 Å². The maximum atomic E-state index is 11.0. The summed E-state index contributed by atoms with van der Waals surface area (Å²) < 4.78 is 4.46. The van der Waals surface area contributed by atoms with Crippen LogP contribution in [0.2, 0.25) is 0 Å². The third-order valence-corrected chi connectivity index (χ3v) is 1.68. The van der Waals surface area contributed by atoms with Crippen LogP contribution < -0.4 is 5.73 Å². The Kier molecular flexibility index (Phi) is 2.87. The van der Waals surface area contributed by atoms with Crippen molar-refractivity contribution in [2.75, 3.05) is 7.11 Å². The number of aromatic hydroxyl groups is 1. The highest BCUT2D eigenvalue weighted by Gasteiger charge is 2.15. The molecule has 0 saturated carbocycles. The Morgan fingerprint density at radius 3 is 2.85 bits per heavy atom. The van der Waals surface area contributed by atoms with Gasteiger partial charge in [0.1, 0.15) is 11.8 Å². The van der Waals surface area contributed by atoms with Gasteiger partial charge in [0.2, 0.25) is 0 Å². The van der Waals surface area contributed by atoms with Gasteiger partial charge < -0.3 is 15.6 Å². The van der Waals surface area contributed by atoms with Crippen molar-refractivity contribution < 1.29 is 14.6 Å². The van der Waals surface area contributed by atoms with Crippen LogP contribution in [0.25, 0.3) is 0 Å². The zero-order valence-electron chi connectivity index (χ0n) is 7.23. The average Bonchev–Trinajstić information content (AvgIpc) is 2.15. The molecule has 4 heteroatoms. The number of phenols is 1. The highest BCUT2D eigenvalue weighted by Crippen LogP contribution is 2.16. The molecule has 0 fully saturated rings. The largest absolute Gasteiger partial charge is 0.508 e. The first-order valence-electron chi connectivity index (χ1n) is 3.77. The molecule has 0 aliphatic rings. The summed E-state index contributed by atoms with van der Waals surface area (Å²) in [7, 11) is 1.27. The summed E-state index contributed by atoms with van der Waals surface area (Å²) >= 11 is 0. The van der Waals surface area contributed by atoms with Crippen molar-refractivity contribution in [3.63, 3.8) is 0 Å². The molecule has 1 rings (SSSR count). The first-order chi connectivity index (χ1) is 6.15. The van der Waals surface area contributed by atoms with Crippen LogP contribution in [0.3, 0.4) is 0 Å². The van der Waals surface area contributed by atoms with Crippen LogP contribution >= 0.6 is 0 Å². The van der Waals surface area contributed by atoms with Gasteiger partial charge in [0.05, 0.1) is 7.11 Å². The van der Waals surface area contributed by atoms with Crippen LogP contribution in [0.1, 0.15) is 11.6 Å². The van der Waals surface area contributed by atoms with E-state index >= 15 is 0 Å². The molecule has 1 atom stereocenters. The van der Waals surface area contributed by atoms with E-state index < -0.39 is 12.0 Å². The number of nitrogens with two attached hydrogens (primary N) is 1. The molecule has 3 N–H and O–H groups in total. The van der Waals surface area contributed by atoms with Gasteiger partial charge in [-0.3, -0.25) is 4.79 Å². The minimum absolute atomic E-state index is 0.0804. The highest BCUT2D eigenvalue weighted by atomic mass is 16.5. The van der Waals surface area contributed by atoms with Crippen molar-refractivity contribution in [3.05, 3.63) is 29.8 Å². The third-order valence-electron chi connectivity index (χ3n) is 1.68. The summed E-state index contributed by atoms with van der Waals surface area (Å²) in [5.41, 5.74) is 6.07. The molecule has 0 bridgehead atoms. The molecule has 1 aromatic carbocycles. The lowest BCUT2D eigenvalue weighted by molar-refractivity contribution is -0.142. The first-order valence-corrected chi connectivity index (χ1v) is 3.77. The molecule has 0 aliphatic heterocycles. The molecule has 0 heterocycles. The number of benzene rings is 1. The summed E-state index contributed by atoms with van der Waals surface area (Å²) in [6, 6.07) is 5.38. The Morgan fingerprint density at radius 1 is 1.62 bits per heavy atom. The Hall–Kier alpha value is -1.55. The fraction of sp³-hybridized carbons (Fsp3) is 0.222. The Balaban J connectivity index is 2.88. The van der Waals surface area contributed by atoms with E-state index in [0.717, 1.165) is 0 Å². The van der Waals surface area contributed by atoms with Gasteiger partial charge in [0.25, 0.3) is 0 Å². The number of carbonyl (C=O) groups is 1. The standard InChI is InChI=1S/C9H11NO3/c1-13-9(12)8(10)6-3-2-4-7(11)5-6/h2-5,8,11H,10H2,1H3/t8-/m1/s1. The summed E-state index contributed by atoms with van der Waals surface area (Å²) in [4.78, 5) is 11.0. The number of esters is 1. The van der Waals surface area contributed by atoms with Crippen molar-refractivity contribution in [3.8, 4) is 5.75 Å². The Morgan fingerprint density at radius 2 is 2.31 bits per heavy atom. The SMILES string of the molecule is COC(=O)[C@H](N)c1cccc(O)c1. The average molecular weight is 181 g/mol. The van der Waals surface area contributed by atoms with Gasteiger partial charge in [-0.1, -0.05) is 12.1 Å². The van der Waals surface area contributed by atoms with E-state index in [0.29, 0.717) is 5.56 Å². The normalized spacial score (nSPS) is 12.2. The molecular formula is C9H11NO3. The lowest BCUT2D eigenvalue weighted by Gasteiger charge is -2.08. The van der Waals surface area contributed by atoms with Gasteiger partial charge in [-0.05, 0) is 17.7 Å². The summed E-state index contributed by atoms with van der Waals surface area (Å²) in [6.45, 7) is 0. The van der Waals surface area contributed by atoms with Gasteiger partial charge in [-0.25, -0.2) is 0 Å². The predicted octanol–water partition coefficient (Wildman–Crippen LogP) is 0.565. The first kappa shape index (κ1) is 9.54. The number of methoxy groups -OCH3 is 1. The van der Waals surface area contributed by atoms with Crippen LogP contribution in [0, 0.1) is 0 Å². The predicted molar refractivity (Wildman–Crippen MR) is 47.1 cm³/mol. The van der Waals surface area contributed by atoms with E-state index in [-0.39, 0.29) is 5.75 Å². The van der Waals surface area contributed by atoms with E-state index in [4.69, 9.17) is 10.8 Å². The fourth-order valence-corrected chi connectivity index (χ4v) is 0.981. The Labute approximate surface area is 75.9 Å². The van der Waals surface area contributed by atoms with Crippen LogP contribution in [0.15, 0.2) is 24.3 Å². The van der Waals surface area contributed by atoms with Crippen molar-refractivity contribution in [1.29, 1.82) is 0 Å². The minimum atomic E-state index is -0.836. The van der Waals surface area contributed by atoms with Crippen LogP contribution in [0.4, 0.5) is 0 Å². The minimum Gasteiger partial charge on any atom is -0.508 e. The smallest absolute Gasteiger partial charge is 0.327 e. The van der Waals surface area contributed by atoms with E-state index in [2.05, 4.69) is 4.74 Å². The number of ether oxygens (including phenoxy) is 1. The number of carbonyl (C=O) groups excluding carboxylic acids is 1. The molecular weight excluding hydrogens is 170 g/mol. The molecule has 70 valence electrons. The molecule has 0 spiro atoms. The van der Waals surface area contributed by atoms with E-state index in [1.807, 2.05) is 0 Å². The van der Waals surface area contributed by atoms with Gasteiger partial charge in [-0.15, -0.1) is 0 Å². The van der Waals surface area contributed by atoms with E-state index in [1.165, 1.54) is 19.2 Å². The zero-order chi connectivity index (χ0) is 9.84. The molecule has 13 heavy (non-hydrogen) atoms. The van der Waals surface area contributed by atoms with Crippen LogP contribution in [-0.2, 0) is 9.53 Å². The van der Waals surface area contributed by atoms with Gasteiger partial charge in [-0.2, -0.15) is 0 Å². The number of hydrogen-bond donors (Lipinski definition) is 2. The van der Waals surface area contributed by atoms with Crippen molar-refractivity contribution in [1.82, 2.24) is 0 Å². The third kappa shape index (κ3) is 2.19. The number of phenolic OH excluding ortho intramolecular Hbond substituents is 1. The molecule has 1 aromatic rings. The molecule has 0 saturated heterocycles.